The van der Waals surface area contributed by atoms with E-state index in [4.69, 9.17) is 23.2 Å². The van der Waals surface area contributed by atoms with E-state index in [9.17, 15) is 4.79 Å². The Morgan fingerprint density at radius 3 is 2.44 bits per heavy atom. The molecule has 0 saturated heterocycles. The first-order valence-corrected chi connectivity index (χ1v) is 6.64. The van der Waals surface area contributed by atoms with Gasteiger partial charge in [0.15, 0.2) is 0 Å². The molecule has 0 atom stereocenters. The first-order valence-electron chi connectivity index (χ1n) is 5.09. The quantitative estimate of drug-likeness (QED) is 0.815. The van der Waals surface area contributed by atoms with Gasteiger partial charge in [0.2, 0.25) is 0 Å². The molecule has 2 nitrogen and oxygen atoms in total. The van der Waals surface area contributed by atoms with Crippen LogP contribution in [-0.4, -0.2) is 5.91 Å². The molecule has 0 spiro atoms. The van der Waals surface area contributed by atoms with Crippen LogP contribution in [-0.2, 0) is 0 Å². The molecule has 0 bridgehead atoms. The van der Waals surface area contributed by atoms with Crippen LogP contribution in [0.2, 0.25) is 10.0 Å². The largest absolute Gasteiger partial charge is 0.322 e. The summed E-state index contributed by atoms with van der Waals surface area (Å²) in [6.07, 6.45) is 0. The van der Waals surface area contributed by atoms with Crippen LogP contribution in [0, 0.1) is 0 Å². The molecule has 18 heavy (non-hydrogen) atoms. The van der Waals surface area contributed by atoms with Crippen molar-refractivity contribution >= 4 is 50.7 Å². The number of carbonyl (C=O) groups excluding carboxylic acids is 1. The van der Waals surface area contributed by atoms with Crippen molar-refractivity contribution in [2.75, 3.05) is 5.32 Å². The first-order chi connectivity index (χ1) is 8.58. The highest BCUT2D eigenvalue weighted by Crippen LogP contribution is 2.26. The van der Waals surface area contributed by atoms with Crippen LogP contribution in [0.1, 0.15) is 10.4 Å². The lowest BCUT2D eigenvalue weighted by atomic mass is 10.2. The number of hydrogen-bond donors (Lipinski definition) is 1. The molecule has 1 amide bonds. The summed E-state index contributed by atoms with van der Waals surface area (Å²) in [4.78, 5) is 12.0. The van der Waals surface area contributed by atoms with Crippen molar-refractivity contribution in [3.63, 3.8) is 0 Å². The molecule has 1 N–H and O–H groups in total. The SMILES string of the molecule is O=C(Nc1ccc(Cl)c(Br)c1)c1ccccc1Cl. The molecule has 0 aromatic heterocycles. The Labute approximate surface area is 123 Å². The van der Waals surface area contributed by atoms with Crippen molar-refractivity contribution in [2.24, 2.45) is 0 Å². The molecule has 2 rings (SSSR count). The van der Waals surface area contributed by atoms with E-state index in [1.54, 1.807) is 42.5 Å². The Balaban J connectivity index is 2.22. The van der Waals surface area contributed by atoms with Gasteiger partial charge in [-0.3, -0.25) is 4.79 Å². The zero-order valence-electron chi connectivity index (χ0n) is 9.08. The molecule has 2 aromatic carbocycles. The average Bonchev–Trinajstić information content (AvgIpc) is 2.34. The maximum atomic E-state index is 12.0. The Morgan fingerprint density at radius 1 is 1.06 bits per heavy atom. The van der Waals surface area contributed by atoms with E-state index in [2.05, 4.69) is 21.2 Å². The second kappa shape index (κ2) is 5.74. The van der Waals surface area contributed by atoms with Gasteiger partial charge in [-0.1, -0.05) is 35.3 Å². The van der Waals surface area contributed by atoms with Crippen LogP contribution in [0.4, 0.5) is 5.69 Å². The minimum absolute atomic E-state index is 0.255. The fraction of sp³-hybridized carbons (Fsp3) is 0. The van der Waals surface area contributed by atoms with Gasteiger partial charge in [-0.2, -0.15) is 0 Å². The van der Waals surface area contributed by atoms with Gasteiger partial charge in [0.25, 0.3) is 5.91 Å². The number of rotatable bonds is 2. The lowest BCUT2D eigenvalue weighted by molar-refractivity contribution is 0.102. The van der Waals surface area contributed by atoms with Gasteiger partial charge >= 0.3 is 0 Å². The highest BCUT2D eigenvalue weighted by atomic mass is 79.9. The molecular weight excluding hydrogens is 337 g/mol. The molecule has 0 radical (unpaired) electrons. The average molecular weight is 345 g/mol. The Kier molecular flexibility index (Phi) is 4.27. The number of halogens is 3. The predicted molar refractivity (Wildman–Crippen MR) is 78.6 cm³/mol. The van der Waals surface area contributed by atoms with Gasteiger partial charge in [0, 0.05) is 10.2 Å². The van der Waals surface area contributed by atoms with Crippen LogP contribution in [0.3, 0.4) is 0 Å². The van der Waals surface area contributed by atoms with Crippen molar-refractivity contribution in [1.29, 1.82) is 0 Å². The van der Waals surface area contributed by atoms with Crippen LogP contribution < -0.4 is 5.32 Å². The summed E-state index contributed by atoms with van der Waals surface area (Å²) in [5.41, 5.74) is 1.08. The van der Waals surface area contributed by atoms with Crippen molar-refractivity contribution in [1.82, 2.24) is 0 Å². The first kappa shape index (κ1) is 13.4. The summed E-state index contributed by atoms with van der Waals surface area (Å²) < 4.78 is 0.723. The van der Waals surface area contributed by atoms with Gasteiger partial charge in [0.1, 0.15) is 0 Å². The van der Waals surface area contributed by atoms with E-state index in [-0.39, 0.29) is 5.91 Å². The van der Waals surface area contributed by atoms with Crippen LogP contribution in [0.25, 0.3) is 0 Å². The summed E-state index contributed by atoms with van der Waals surface area (Å²) >= 11 is 15.1. The Morgan fingerprint density at radius 2 is 1.78 bits per heavy atom. The van der Waals surface area contributed by atoms with Crippen molar-refractivity contribution in [3.8, 4) is 0 Å². The number of nitrogens with one attached hydrogen (secondary N) is 1. The summed E-state index contributed by atoms with van der Waals surface area (Å²) in [7, 11) is 0. The second-order valence-corrected chi connectivity index (χ2v) is 5.23. The molecule has 2 aromatic rings. The highest BCUT2D eigenvalue weighted by Gasteiger charge is 2.10. The Hall–Kier alpha value is -1.03. The normalized spacial score (nSPS) is 10.2. The number of hydrogen-bond acceptors (Lipinski definition) is 1. The predicted octanol–water partition coefficient (Wildman–Crippen LogP) is 5.01. The van der Waals surface area contributed by atoms with E-state index >= 15 is 0 Å². The van der Waals surface area contributed by atoms with Crippen molar-refractivity contribution in [2.45, 2.75) is 0 Å². The van der Waals surface area contributed by atoms with E-state index < -0.39 is 0 Å². The Bertz CT molecular complexity index is 601. The number of benzene rings is 2. The third-order valence-corrected chi connectivity index (χ3v) is 3.84. The van der Waals surface area contributed by atoms with Gasteiger partial charge < -0.3 is 5.32 Å². The number of anilines is 1. The van der Waals surface area contributed by atoms with Crippen LogP contribution >= 0.6 is 39.1 Å². The molecule has 0 aliphatic heterocycles. The van der Waals surface area contributed by atoms with E-state index in [0.717, 1.165) is 4.47 Å². The van der Waals surface area contributed by atoms with Gasteiger partial charge in [-0.15, -0.1) is 0 Å². The lowest BCUT2D eigenvalue weighted by Gasteiger charge is -2.07. The topological polar surface area (TPSA) is 29.1 Å². The van der Waals surface area contributed by atoms with Crippen molar-refractivity contribution in [3.05, 3.63) is 62.5 Å². The molecule has 92 valence electrons. The molecule has 5 heteroatoms. The maximum absolute atomic E-state index is 12.0. The smallest absolute Gasteiger partial charge is 0.257 e. The van der Waals surface area contributed by atoms with E-state index in [1.807, 2.05) is 0 Å². The standard InChI is InChI=1S/C13H8BrCl2NO/c14-10-7-8(5-6-12(10)16)17-13(18)9-3-1-2-4-11(9)15/h1-7H,(H,17,18). The zero-order valence-corrected chi connectivity index (χ0v) is 12.2. The summed E-state index contributed by atoms with van der Waals surface area (Å²) in [6.45, 7) is 0. The number of amides is 1. The zero-order chi connectivity index (χ0) is 13.1. The lowest BCUT2D eigenvalue weighted by Crippen LogP contribution is -2.12. The number of carbonyl (C=O) groups is 1. The van der Waals surface area contributed by atoms with Crippen LogP contribution in [0.15, 0.2) is 46.9 Å². The molecule has 0 aliphatic carbocycles. The van der Waals surface area contributed by atoms with E-state index in [0.29, 0.717) is 21.3 Å². The molecule has 0 saturated carbocycles. The van der Waals surface area contributed by atoms with Gasteiger partial charge in [0.05, 0.1) is 15.6 Å². The minimum Gasteiger partial charge on any atom is -0.322 e. The summed E-state index contributed by atoms with van der Waals surface area (Å²) in [5, 5.41) is 3.76. The molecule has 0 unspecified atom stereocenters. The second-order valence-electron chi connectivity index (χ2n) is 3.56. The molecule has 0 aliphatic rings. The summed E-state index contributed by atoms with van der Waals surface area (Å²) in [6, 6.07) is 12.0. The fourth-order valence-corrected chi connectivity index (χ4v) is 2.14. The monoisotopic (exact) mass is 343 g/mol. The fourth-order valence-electron chi connectivity index (χ4n) is 1.42. The molecule has 0 heterocycles. The van der Waals surface area contributed by atoms with Gasteiger partial charge in [-0.25, -0.2) is 0 Å². The van der Waals surface area contributed by atoms with Gasteiger partial charge in [-0.05, 0) is 46.3 Å². The van der Waals surface area contributed by atoms with E-state index in [1.165, 1.54) is 0 Å². The highest BCUT2D eigenvalue weighted by molar-refractivity contribution is 9.10. The third-order valence-electron chi connectivity index (χ3n) is 2.30. The van der Waals surface area contributed by atoms with Crippen molar-refractivity contribution < 1.29 is 4.79 Å². The summed E-state index contributed by atoms with van der Waals surface area (Å²) in [5.74, 6) is -0.255. The minimum atomic E-state index is -0.255. The molecule has 0 fully saturated rings. The van der Waals surface area contributed by atoms with Crippen LogP contribution in [0.5, 0.6) is 0 Å². The third kappa shape index (κ3) is 3.05. The molecular formula is C13H8BrCl2NO. The maximum Gasteiger partial charge on any atom is 0.257 e.